The van der Waals surface area contributed by atoms with E-state index in [-0.39, 0.29) is 0 Å². The first kappa shape index (κ1) is 19.1. The van der Waals surface area contributed by atoms with Gasteiger partial charge in [0.1, 0.15) is 0 Å². The molecule has 9 heteroatoms. The summed E-state index contributed by atoms with van der Waals surface area (Å²) >= 11 is 0. The molecule has 0 saturated carbocycles. The largest absolute Gasteiger partial charge is 0.417 e. The second-order valence-electron chi connectivity index (χ2n) is 5.25. The maximum atomic E-state index is 13.1. The van der Waals surface area contributed by atoms with Crippen LogP contribution < -0.4 is 0 Å². The fourth-order valence-corrected chi connectivity index (χ4v) is 2.47. The van der Waals surface area contributed by atoms with Crippen LogP contribution in [0.1, 0.15) is 22.3 Å². The lowest BCUT2D eigenvalue weighted by Crippen LogP contribution is -2.14. The van der Waals surface area contributed by atoms with Gasteiger partial charge in [-0.05, 0) is 36.2 Å². The van der Waals surface area contributed by atoms with Crippen molar-refractivity contribution in [3.05, 3.63) is 58.7 Å². The molecule has 0 unspecified atom stereocenters. The molecule has 2 aromatic rings. The van der Waals surface area contributed by atoms with Gasteiger partial charge < -0.3 is 0 Å². The van der Waals surface area contributed by atoms with Crippen LogP contribution in [-0.4, -0.2) is 0 Å². The predicted molar refractivity (Wildman–Crippen MR) is 71.6 cm³/mol. The number of alkyl halides is 9. The second kappa shape index (κ2) is 5.96. The van der Waals surface area contributed by atoms with Crippen molar-refractivity contribution in [1.82, 2.24) is 0 Å². The molecule has 0 heterocycles. The average molecular weight is 372 g/mol. The van der Waals surface area contributed by atoms with E-state index in [2.05, 4.69) is 0 Å². The molecule has 136 valence electrons. The maximum Gasteiger partial charge on any atom is 0.417 e. The van der Waals surface area contributed by atoms with Crippen LogP contribution in [0.2, 0.25) is 0 Å². The lowest BCUT2D eigenvalue weighted by Gasteiger charge is -2.20. The third kappa shape index (κ3) is 3.91. The molecule has 0 radical (unpaired) electrons. The SMILES string of the molecule is Cc1cc(-c2c(C(F)(F)F)cccc2C(F)(F)F)ccc1C(F)(F)F. The first-order chi connectivity index (χ1) is 11.2. The van der Waals surface area contributed by atoms with Crippen LogP contribution in [0.15, 0.2) is 36.4 Å². The van der Waals surface area contributed by atoms with Crippen LogP contribution in [0.5, 0.6) is 0 Å². The predicted octanol–water partition coefficient (Wildman–Crippen LogP) is 6.72. The Labute approximate surface area is 135 Å². The van der Waals surface area contributed by atoms with Gasteiger partial charge in [0.2, 0.25) is 0 Å². The number of halogens is 9. The zero-order valence-electron chi connectivity index (χ0n) is 12.4. The van der Waals surface area contributed by atoms with Crippen molar-refractivity contribution >= 4 is 0 Å². The van der Waals surface area contributed by atoms with Gasteiger partial charge in [0.25, 0.3) is 0 Å². The fourth-order valence-electron chi connectivity index (χ4n) is 2.47. The molecule has 25 heavy (non-hydrogen) atoms. The lowest BCUT2D eigenvalue weighted by atomic mass is 9.91. The monoisotopic (exact) mass is 372 g/mol. The third-order valence-electron chi connectivity index (χ3n) is 3.50. The number of hydrogen-bond donors (Lipinski definition) is 0. The Morgan fingerprint density at radius 2 is 1.04 bits per heavy atom. The Bertz CT molecular complexity index is 747. The van der Waals surface area contributed by atoms with Gasteiger partial charge >= 0.3 is 18.5 Å². The first-order valence-electron chi connectivity index (χ1n) is 6.68. The summed E-state index contributed by atoms with van der Waals surface area (Å²) in [6.45, 7) is 0.968. The van der Waals surface area contributed by atoms with Crippen molar-refractivity contribution in [1.29, 1.82) is 0 Å². The van der Waals surface area contributed by atoms with E-state index in [1.54, 1.807) is 0 Å². The second-order valence-corrected chi connectivity index (χ2v) is 5.25. The van der Waals surface area contributed by atoms with E-state index in [4.69, 9.17) is 0 Å². The molecule has 0 aliphatic carbocycles. The highest BCUT2D eigenvalue weighted by molar-refractivity contribution is 5.73. The summed E-state index contributed by atoms with van der Waals surface area (Å²) in [4.78, 5) is 0. The smallest absolute Gasteiger partial charge is 0.166 e. The minimum atomic E-state index is -5.10. The first-order valence-corrected chi connectivity index (χ1v) is 6.68. The van der Waals surface area contributed by atoms with E-state index in [1.165, 1.54) is 0 Å². The van der Waals surface area contributed by atoms with E-state index in [0.717, 1.165) is 6.92 Å². The Balaban J connectivity index is 2.80. The molecule has 0 aliphatic heterocycles. The molecule has 0 N–H and O–H groups in total. The Morgan fingerprint density at radius 3 is 1.40 bits per heavy atom. The van der Waals surface area contributed by atoms with Gasteiger partial charge in [0.15, 0.2) is 0 Å². The molecule has 0 amide bonds. The van der Waals surface area contributed by atoms with Gasteiger partial charge in [-0.25, -0.2) is 0 Å². The number of benzene rings is 2. The zero-order chi connectivity index (χ0) is 19.2. The normalized spacial score (nSPS) is 13.2. The van der Waals surface area contributed by atoms with Gasteiger partial charge in [-0.3, -0.25) is 0 Å². The van der Waals surface area contributed by atoms with E-state index in [0.29, 0.717) is 36.4 Å². The van der Waals surface area contributed by atoms with Crippen LogP contribution in [0, 0.1) is 6.92 Å². The molecule has 0 aliphatic rings. The van der Waals surface area contributed by atoms with Crippen LogP contribution in [0.3, 0.4) is 0 Å². The van der Waals surface area contributed by atoms with Crippen molar-refractivity contribution in [2.75, 3.05) is 0 Å². The summed E-state index contributed by atoms with van der Waals surface area (Å²) in [6.07, 6.45) is -15.0. The molecule has 0 saturated heterocycles. The lowest BCUT2D eigenvalue weighted by molar-refractivity contribution is -0.142. The summed E-state index contributed by atoms with van der Waals surface area (Å²) in [5.41, 5.74) is -6.53. The minimum absolute atomic E-state index is 0.456. The van der Waals surface area contributed by atoms with E-state index in [9.17, 15) is 39.5 Å². The van der Waals surface area contributed by atoms with Crippen molar-refractivity contribution in [2.24, 2.45) is 0 Å². The molecule has 0 bridgehead atoms. The molecular weight excluding hydrogens is 363 g/mol. The van der Waals surface area contributed by atoms with Crippen LogP contribution >= 0.6 is 0 Å². The van der Waals surface area contributed by atoms with E-state index < -0.39 is 51.9 Å². The highest BCUT2D eigenvalue weighted by Gasteiger charge is 2.41. The topological polar surface area (TPSA) is 0 Å². The number of rotatable bonds is 1. The summed E-state index contributed by atoms with van der Waals surface area (Å²) in [5, 5.41) is 0. The van der Waals surface area contributed by atoms with E-state index >= 15 is 0 Å². The van der Waals surface area contributed by atoms with Gasteiger partial charge in [0, 0.05) is 5.56 Å². The Hall–Kier alpha value is -2.19. The van der Waals surface area contributed by atoms with Crippen LogP contribution in [-0.2, 0) is 18.5 Å². The van der Waals surface area contributed by atoms with Crippen molar-refractivity contribution in [3.63, 3.8) is 0 Å². The van der Waals surface area contributed by atoms with Crippen molar-refractivity contribution in [3.8, 4) is 11.1 Å². The fraction of sp³-hybridized carbons (Fsp3) is 0.250. The van der Waals surface area contributed by atoms with Crippen molar-refractivity contribution in [2.45, 2.75) is 25.5 Å². The molecule has 0 spiro atoms. The van der Waals surface area contributed by atoms with Gasteiger partial charge in [-0.15, -0.1) is 0 Å². The highest BCUT2D eigenvalue weighted by Crippen LogP contribution is 2.45. The molecule has 0 atom stereocenters. The Morgan fingerprint density at radius 1 is 0.600 bits per heavy atom. The molecule has 2 rings (SSSR count). The van der Waals surface area contributed by atoms with E-state index in [1.807, 2.05) is 0 Å². The quantitative estimate of drug-likeness (QED) is 0.488. The van der Waals surface area contributed by atoms with Crippen molar-refractivity contribution < 1.29 is 39.5 Å². The summed E-state index contributed by atoms with van der Waals surface area (Å²) < 4.78 is 117. The average Bonchev–Trinajstić information content (AvgIpc) is 2.43. The summed E-state index contributed by atoms with van der Waals surface area (Å²) in [5.74, 6) is 0. The third-order valence-corrected chi connectivity index (χ3v) is 3.50. The maximum absolute atomic E-state index is 13.1. The van der Waals surface area contributed by atoms with Gasteiger partial charge in [-0.1, -0.05) is 18.2 Å². The molecule has 0 aromatic heterocycles. The Kier molecular flexibility index (Phi) is 4.56. The standard InChI is InChI=1S/C16H9F9/c1-8-7-9(5-6-10(8)14(17,18)19)13-11(15(20,21)22)3-2-4-12(13)16(23,24)25/h2-7H,1H3. The van der Waals surface area contributed by atoms with Crippen LogP contribution in [0.25, 0.3) is 11.1 Å². The summed E-state index contributed by atoms with van der Waals surface area (Å²) in [6, 6.07) is 3.26. The van der Waals surface area contributed by atoms with Gasteiger partial charge in [-0.2, -0.15) is 39.5 Å². The zero-order valence-corrected chi connectivity index (χ0v) is 12.4. The number of aryl methyl sites for hydroxylation is 1. The molecule has 0 fully saturated rings. The number of hydrogen-bond acceptors (Lipinski definition) is 0. The summed E-state index contributed by atoms with van der Waals surface area (Å²) in [7, 11) is 0. The van der Waals surface area contributed by atoms with Gasteiger partial charge in [0.05, 0.1) is 16.7 Å². The molecular formula is C16H9F9. The molecule has 2 aromatic carbocycles. The highest BCUT2D eigenvalue weighted by atomic mass is 19.4. The molecule has 0 nitrogen and oxygen atoms in total. The van der Waals surface area contributed by atoms with Crippen LogP contribution in [0.4, 0.5) is 39.5 Å². The minimum Gasteiger partial charge on any atom is -0.166 e.